The standard InChI is InChI=1S/C17H22N4O3S2/c1-3-24-14-7-5-4-6-13(14)18-15(22)12(2)25-17-20-19-16(26-17)21-8-10-23-11-9-21/h4-7,12H,3,8-11H2,1-2H3,(H,18,22). The molecule has 1 amide bonds. The third-order valence-electron chi connectivity index (χ3n) is 3.77. The number of aromatic nitrogens is 2. The molecule has 1 aliphatic rings. The van der Waals surface area contributed by atoms with Crippen LogP contribution in [0.3, 0.4) is 0 Å². The molecule has 1 aromatic heterocycles. The molecule has 2 heterocycles. The molecule has 2 aromatic rings. The lowest BCUT2D eigenvalue weighted by atomic mass is 10.3. The average Bonchev–Trinajstić information content (AvgIpc) is 3.13. The second kappa shape index (κ2) is 9.20. The number of carbonyl (C=O) groups is 1. The van der Waals surface area contributed by atoms with Gasteiger partial charge in [-0.3, -0.25) is 4.79 Å². The van der Waals surface area contributed by atoms with Crippen LogP contribution in [0.4, 0.5) is 10.8 Å². The molecule has 9 heteroatoms. The van der Waals surface area contributed by atoms with E-state index in [1.165, 1.54) is 23.1 Å². The molecule has 1 fully saturated rings. The number of nitrogens with zero attached hydrogens (tertiary/aromatic N) is 3. The molecule has 140 valence electrons. The van der Waals surface area contributed by atoms with Crippen molar-refractivity contribution in [3.8, 4) is 5.75 Å². The number of amides is 1. The topological polar surface area (TPSA) is 76.6 Å². The highest BCUT2D eigenvalue weighted by Gasteiger charge is 2.21. The number of rotatable bonds is 7. The minimum atomic E-state index is -0.296. The van der Waals surface area contributed by atoms with Crippen molar-refractivity contribution in [1.29, 1.82) is 0 Å². The third-order valence-corrected chi connectivity index (χ3v) is 5.94. The Labute approximate surface area is 161 Å². The van der Waals surface area contributed by atoms with Crippen LogP contribution in [-0.2, 0) is 9.53 Å². The molecule has 1 aromatic carbocycles. The number of hydrogen-bond donors (Lipinski definition) is 1. The molecule has 0 radical (unpaired) electrons. The molecule has 0 bridgehead atoms. The predicted octanol–water partition coefficient (Wildman–Crippen LogP) is 2.89. The van der Waals surface area contributed by atoms with Gasteiger partial charge in [0.05, 0.1) is 30.8 Å². The van der Waals surface area contributed by atoms with Crippen LogP contribution in [0.1, 0.15) is 13.8 Å². The zero-order valence-electron chi connectivity index (χ0n) is 14.8. The number of morpholine rings is 1. The van der Waals surface area contributed by atoms with Gasteiger partial charge in [-0.1, -0.05) is 35.2 Å². The second-order valence-electron chi connectivity index (χ2n) is 5.63. The number of para-hydroxylation sites is 2. The van der Waals surface area contributed by atoms with Gasteiger partial charge in [-0.2, -0.15) is 0 Å². The van der Waals surface area contributed by atoms with Crippen LogP contribution in [0.15, 0.2) is 28.6 Å². The first-order valence-electron chi connectivity index (χ1n) is 8.53. The average molecular weight is 395 g/mol. The number of hydrogen-bond acceptors (Lipinski definition) is 8. The molecule has 3 rings (SSSR count). The van der Waals surface area contributed by atoms with E-state index in [2.05, 4.69) is 20.4 Å². The fraction of sp³-hybridized carbons (Fsp3) is 0.471. The van der Waals surface area contributed by atoms with Crippen molar-refractivity contribution < 1.29 is 14.3 Å². The van der Waals surface area contributed by atoms with Crippen LogP contribution < -0.4 is 15.0 Å². The van der Waals surface area contributed by atoms with Crippen molar-refractivity contribution >= 4 is 39.8 Å². The Hall–Kier alpha value is -1.84. The third kappa shape index (κ3) is 4.87. The van der Waals surface area contributed by atoms with Gasteiger partial charge in [-0.25, -0.2) is 0 Å². The van der Waals surface area contributed by atoms with Crippen molar-refractivity contribution in [2.24, 2.45) is 0 Å². The summed E-state index contributed by atoms with van der Waals surface area (Å²) in [6.45, 7) is 7.39. The molecule has 1 saturated heterocycles. The van der Waals surface area contributed by atoms with E-state index in [-0.39, 0.29) is 11.2 Å². The van der Waals surface area contributed by atoms with Crippen LogP contribution >= 0.6 is 23.1 Å². The maximum absolute atomic E-state index is 12.5. The summed E-state index contributed by atoms with van der Waals surface area (Å²) in [6, 6.07) is 7.43. The van der Waals surface area contributed by atoms with Gasteiger partial charge >= 0.3 is 0 Å². The van der Waals surface area contributed by atoms with Crippen LogP contribution in [0.2, 0.25) is 0 Å². The number of carbonyl (C=O) groups excluding carboxylic acids is 1. The van der Waals surface area contributed by atoms with Crippen molar-refractivity contribution in [1.82, 2.24) is 10.2 Å². The van der Waals surface area contributed by atoms with Gasteiger partial charge in [-0.15, -0.1) is 10.2 Å². The van der Waals surface area contributed by atoms with Gasteiger partial charge < -0.3 is 19.7 Å². The van der Waals surface area contributed by atoms with Crippen molar-refractivity contribution in [3.63, 3.8) is 0 Å². The summed E-state index contributed by atoms with van der Waals surface area (Å²) < 4.78 is 11.7. The first kappa shape index (κ1) is 18.9. The van der Waals surface area contributed by atoms with E-state index in [1.807, 2.05) is 38.1 Å². The summed E-state index contributed by atoms with van der Waals surface area (Å²) in [5.74, 6) is 0.580. The first-order valence-corrected chi connectivity index (χ1v) is 10.2. The zero-order chi connectivity index (χ0) is 18.4. The lowest BCUT2D eigenvalue weighted by Crippen LogP contribution is -2.36. The van der Waals surface area contributed by atoms with Gasteiger partial charge in [0.25, 0.3) is 0 Å². The van der Waals surface area contributed by atoms with E-state index in [9.17, 15) is 4.79 Å². The van der Waals surface area contributed by atoms with Gasteiger partial charge in [-0.05, 0) is 26.0 Å². The van der Waals surface area contributed by atoms with E-state index in [1.54, 1.807) is 0 Å². The Bertz CT molecular complexity index is 734. The maximum atomic E-state index is 12.5. The van der Waals surface area contributed by atoms with Gasteiger partial charge in [0.1, 0.15) is 5.75 Å². The Balaban J connectivity index is 1.58. The molecular weight excluding hydrogens is 372 g/mol. The fourth-order valence-corrected chi connectivity index (χ4v) is 4.46. The van der Waals surface area contributed by atoms with Crippen molar-refractivity contribution in [3.05, 3.63) is 24.3 Å². The van der Waals surface area contributed by atoms with Crippen LogP contribution in [-0.4, -0.2) is 54.3 Å². The SMILES string of the molecule is CCOc1ccccc1NC(=O)C(C)Sc1nnc(N2CCOCC2)s1. The van der Waals surface area contributed by atoms with Gasteiger partial charge in [0, 0.05) is 13.1 Å². The maximum Gasteiger partial charge on any atom is 0.237 e. The normalized spacial score (nSPS) is 15.5. The summed E-state index contributed by atoms with van der Waals surface area (Å²) in [7, 11) is 0. The Morgan fingerprint density at radius 2 is 2.15 bits per heavy atom. The molecular formula is C17H22N4O3S2. The summed E-state index contributed by atoms with van der Waals surface area (Å²) in [5.41, 5.74) is 0.679. The molecule has 1 aliphatic heterocycles. The monoisotopic (exact) mass is 394 g/mol. The van der Waals surface area contributed by atoms with Crippen molar-refractivity contribution in [2.45, 2.75) is 23.4 Å². The van der Waals surface area contributed by atoms with E-state index in [0.717, 1.165) is 22.6 Å². The molecule has 26 heavy (non-hydrogen) atoms. The second-order valence-corrected chi connectivity index (χ2v) is 8.17. The minimum absolute atomic E-state index is 0.0923. The lowest BCUT2D eigenvalue weighted by Gasteiger charge is -2.25. The molecule has 0 aliphatic carbocycles. The molecule has 1 atom stereocenters. The van der Waals surface area contributed by atoms with Crippen LogP contribution in [0.25, 0.3) is 0 Å². The molecule has 1 N–H and O–H groups in total. The fourth-order valence-electron chi connectivity index (χ4n) is 2.42. The Morgan fingerprint density at radius 1 is 1.38 bits per heavy atom. The first-order chi connectivity index (χ1) is 12.7. The van der Waals surface area contributed by atoms with E-state index >= 15 is 0 Å². The van der Waals surface area contributed by atoms with E-state index in [0.29, 0.717) is 31.3 Å². The number of benzene rings is 1. The summed E-state index contributed by atoms with van der Waals surface area (Å²) in [5, 5.41) is 12.0. The molecule has 0 spiro atoms. The molecule has 7 nitrogen and oxygen atoms in total. The smallest absolute Gasteiger partial charge is 0.237 e. The van der Waals surface area contributed by atoms with E-state index in [4.69, 9.17) is 9.47 Å². The molecule has 0 saturated carbocycles. The highest BCUT2D eigenvalue weighted by atomic mass is 32.2. The summed E-state index contributed by atoms with van der Waals surface area (Å²) in [6.07, 6.45) is 0. The van der Waals surface area contributed by atoms with Crippen molar-refractivity contribution in [2.75, 3.05) is 43.1 Å². The summed E-state index contributed by atoms with van der Waals surface area (Å²) >= 11 is 2.92. The number of thioether (sulfide) groups is 1. The summed E-state index contributed by atoms with van der Waals surface area (Å²) in [4.78, 5) is 14.7. The number of anilines is 2. The lowest BCUT2D eigenvalue weighted by molar-refractivity contribution is -0.115. The highest BCUT2D eigenvalue weighted by Crippen LogP contribution is 2.32. The van der Waals surface area contributed by atoms with E-state index < -0.39 is 0 Å². The van der Waals surface area contributed by atoms with Gasteiger partial charge in [0.15, 0.2) is 4.34 Å². The van der Waals surface area contributed by atoms with Crippen LogP contribution in [0, 0.1) is 0 Å². The van der Waals surface area contributed by atoms with Crippen LogP contribution in [0.5, 0.6) is 5.75 Å². The van der Waals surface area contributed by atoms with Gasteiger partial charge in [0.2, 0.25) is 11.0 Å². The Morgan fingerprint density at radius 3 is 2.92 bits per heavy atom. The Kier molecular flexibility index (Phi) is 6.70. The predicted molar refractivity (Wildman–Crippen MR) is 105 cm³/mol. The largest absolute Gasteiger partial charge is 0.492 e. The number of nitrogens with one attached hydrogen (secondary N) is 1. The number of ether oxygens (including phenoxy) is 2. The minimum Gasteiger partial charge on any atom is -0.492 e. The molecule has 1 unspecified atom stereocenters. The zero-order valence-corrected chi connectivity index (χ0v) is 16.4. The highest BCUT2D eigenvalue weighted by molar-refractivity contribution is 8.02. The quantitative estimate of drug-likeness (QED) is 0.724.